The lowest BCUT2D eigenvalue weighted by Gasteiger charge is -2.36. The highest BCUT2D eigenvalue weighted by Crippen LogP contribution is 2.09. The molecular weight excluding hydrogens is 473 g/mol. The number of nitrogens with zero attached hydrogens (tertiary/aromatic N) is 4. The van der Waals surface area contributed by atoms with Crippen LogP contribution < -0.4 is 5.32 Å². The molecule has 0 radical (unpaired) electrons. The van der Waals surface area contributed by atoms with E-state index in [1.165, 1.54) is 7.11 Å². The fourth-order valence-corrected chi connectivity index (χ4v) is 3.06. The quantitative estimate of drug-likeness (QED) is 0.292. The number of hydrogen-bond acceptors (Lipinski definition) is 6. The number of piperazine rings is 1. The maximum Gasteiger partial charge on any atom is 0.337 e. The molecule has 2 heterocycles. The summed E-state index contributed by atoms with van der Waals surface area (Å²) in [7, 11) is 3.18. The summed E-state index contributed by atoms with van der Waals surface area (Å²) in [5, 5.41) is 7.36. The van der Waals surface area contributed by atoms with Crippen molar-refractivity contribution in [2.24, 2.45) is 4.99 Å². The molecule has 152 valence electrons. The number of carbonyl (C=O) groups excluding carboxylic acids is 1. The number of aromatic nitrogens is 1. The van der Waals surface area contributed by atoms with Gasteiger partial charge < -0.3 is 19.5 Å². The number of carbonyl (C=O) groups is 1. The van der Waals surface area contributed by atoms with E-state index in [0.717, 1.165) is 49.9 Å². The van der Waals surface area contributed by atoms with E-state index in [-0.39, 0.29) is 29.9 Å². The lowest BCUT2D eigenvalue weighted by atomic mass is 10.1. The standard InChI is InChI=1S/C19H25N5O3.HI/c1-20-19(21-13-15-3-5-16(6-4-15)18(25)26-2)24-10-8-23(9-11-24)14-17-7-12-27-22-17;/h3-7,12H,8-11,13-14H2,1-2H3,(H,20,21);1H. The van der Waals surface area contributed by atoms with Gasteiger partial charge in [-0.05, 0) is 17.7 Å². The van der Waals surface area contributed by atoms with Gasteiger partial charge in [-0.25, -0.2) is 4.79 Å². The third kappa shape index (κ3) is 5.93. The van der Waals surface area contributed by atoms with Crippen LogP contribution in [0.4, 0.5) is 0 Å². The Kier molecular flexibility index (Phi) is 8.71. The molecule has 0 bridgehead atoms. The molecule has 0 aliphatic carbocycles. The molecule has 1 N–H and O–H groups in total. The Hall–Kier alpha value is -2.14. The molecule has 2 aromatic rings. The first-order chi connectivity index (χ1) is 13.2. The molecular formula is C19H26IN5O3. The molecule has 0 saturated carbocycles. The van der Waals surface area contributed by atoms with Crippen LogP contribution >= 0.6 is 24.0 Å². The Bertz CT molecular complexity index is 756. The minimum atomic E-state index is -0.325. The minimum absolute atomic E-state index is 0. The van der Waals surface area contributed by atoms with Gasteiger partial charge in [0, 0.05) is 52.4 Å². The number of halogens is 1. The van der Waals surface area contributed by atoms with E-state index in [0.29, 0.717) is 12.1 Å². The minimum Gasteiger partial charge on any atom is -0.465 e. The van der Waals surface area contributed by atoms with E-state index < -0.39 is 0 Å². The zero-order valence-corrected chi connectivity index (χ0v) is 18.5. The van der Waals surface area contributed by atoms with Crippen LogP contribution in [0.1, 0.15) is 21.6 Å². The molecule has 1 fully saturated rings. The summed E-state index contributed by atoms with van der Waals surface area (Å²) in [6.07, 6.45) is 1.61. The highest BCUT2D eigenvalue weighted by atomic mass is 127. The number of esters is 1. The molecule has 1 aromatic carbocycles. The molecule has 28 heavy (non-hydrogen) atoms. The Balaban J connectivity index is 0.00000280. The fraction of sp³-hybridized carbons (Fsp3) is 0.421. The van der Waals surface area contributed by atoms with Crippen molar-refractivity contribution in [3.05, 3.63) is 53.4 Å². The van der Waals surface area contributed by atoms with E-state index in [1.807, 2.05) is 18.2 Å². The number of guanidine groups is 1. The largest absolute Gasteiger partial charge is 0.465 e. The van der Waals surface area contributed by atoms with E-state index >= 15 is 0 Å². The molecule has 9 heteroatoms. The first-order valence-electron chi connectivity index (χ1n) is 8.94. The van der Waals surface area contributed by atoms with Crippen LogP contribution in [0.5, 0.6) is 0 Å². The van der Waals surface area contributed by atoms with Gasteiger partial charge in [0.05, 0.1) is 18.4 Å². The van der Waals surface area contributed by atoms with Crippen LogP contribution in [-0.4, -0.2) is 67.2 Å². The summed E-state index contributed by atoms with van der Waals surface area (Å²) in [5.41, 5.74) is 2.59. The van der Waals surface area contributed by atoms with Gasteiger partial charge in [0.2, 0.25) is 0 Å². The smallest absolute Gasteiger partial charge is 0.337 e. The number of aliphatic imine (C=N–C) groups is 1. The summed E-state index contributed by atoms with van der Waals surface area (Å²) in [5.74, 6) is 0.557. The number of ether oxygens (including phenoxy) is 1. The average Bonchev–Trinajstić information content (AvgIpc) is 3.22. The van der Waals surface area contributed by atoms with Crippen LogP contribution in [0.2, 0.25) is 0 Å². The van der Waals surface area contributed by atoms with Gasteiger partial charge in [0.1, 0.15) is 6.26 Å². The zero-order valence-electron chi connectivity index (χ0n) is 16.1. The molecule has 1 aromatic heterocycles. The molecule has 0 atom stereocenters. The third-order valence-electron chi connectivity index (χ3n) is 4.59. The van der Waals surface area contributed by atoms with Crippen LogP contribution in [0, 0.1) is 0 Å². The zero-order chi connectivity index (χ0) is 19.1. The van der Waals surface area contributed by atoms with Gasteiger partial charge in [0.25, 0.3) is 0 Å². The van der Waals surface area contributed by atoms with Gasteiger partial charge in [0.15, 0.2) is 5.96 Å². The maximum absolute atomic E-state index is 11.5. The molecule has 3 rings (SSSR count). The van der Waals surface area contributed by atoms with Crippen molar-refractivity contribution in [1.29, 1.82) is 0 Å². The molecule has 8 nitrogen and oxygen atoms in total. The number of methoxy groups -OCH3 is 1. The van der Waals surface area contributed by atoms with Crippen molar-refractivity contribution in [2.45, 2.75) is 13.1 Å². The fourth-order valence-electron chi connectivity index (χ4n) is 3.06. The van der Waals surface area contributed by atoms with Crippen molar-refractivity contribution in [1.82, 2.24) is 20.3 Å². The lowest BCUT2D eigenvalue weighted by molar-refractivity contribution is 0.0600. The predicted molar refractivity (Wildman–Crippen MR) is 117 cm³/mol. The molecule has 0 amide bonds. The van der Waals surface area contributed by atoms with Crippen LogP contribution in [0.15, 0.2) is 46.1 Å². The SMILES string of the molecule is CN=C(NCc1ccc(C(=O)OC)cc1)N1CCN(Cc2ccon2)CC1.I. The Morgan fingerprint density at radius 1 is 1.21 bits per heavy atom. The van der Waals surface area contributed by atoms with Gasteiger partial charge >= 0.3 is 5.97 Å². The van der Waals surface area contributed by atoms with Crippen molar-refractivity contribution in [3.8, 4) is 0 Å². The van der Waals surface area contributed by atoms with E-state index in [1.54, 1.807) is 25.4 Å². The van der Waals surface area contributed by atoms with Crippen LogP contribution in [0.25, 0.3) is 0 Å². The van der Waals surface area contributed by atoms with Crippen molar-refractivity contribution in [3.63, 3.8) is 0 Å². The molecule has 0 spiro atoms. The monoisotopic (exact) mass is 499 g/mol. The van der Waals surface area contributed by atoms with Crippen LogP contribution in [0.3, 0.4) is 0 Å². The topological polar surface area (TPSA) is 83.2 Å². The second-order valence-corrected chi connectivity index (χ2v) is 6.34. The lowest BCUT2D eigenvalue weighted by Crippen LogP contribution is -2.52. The summed E-state index contributed by atoms with van der Waals surface area (Å²) in [6.45, 7) is 5.15. The first-order valence-corrected chi connectivity index (χ1v) is 8.94. The van der Waals surface area contributed by atoms with Crippen molar-refractivity contribution >= 4 is 35.9 Å². The first kappa shape index (κ1) is 22.2. The van der Waals surface area contributed by atoms with Gasteiger partial charge in [-0.15, -0.1) is 24.0 Å². The van der Waals surface area contributed by atoms with E-state index in [2.05, 4.69) is 25.3 Å². The molecule has 0 unspecified atom stereocenters. The highest BCUT2D eigenvalue weighted by molar-refractivity contribution is 14.0. The third-order valence-corrected chi connectivity index (χ3v) is 4.59. The average molecular weight is 499 g/mol. The van der Waals surface area contributed by atoms with E-state index in [9.17, 15) is 4.79 Å². The highest BCUT2D eigenvalue weighted by Gasteiger charge is 2.20. The summed E-state index contributed by atoms with van der Waals surface area (Å²) in [4.78, 5) is 20.5. The molecule has 1 saturated heterocycles. The number of hydrogen-bond donors (Lipinski definition) is 1. The maximum atomic E-state index is 11.5. The second-order valence-electron chi connectivity index (χ2n) is 6.34. The van der Waals surface area contributed by atoms with Gasteiger partial charge in [-0.1, -0.05) is 17.3 Å². The molecule has 1 aliphatic rings. The Labute approximate surface area is 181 Å². The van der Waals surface area contributed by atoms with Crippen molar-refractivity contribution < 1.29 is 14.1 Å². The summed E-state index contributed by atoms with van der Waals surface area (Å²) in [6, 6.07) is 9.28. The number of nitrogens with one attached hydrogen (secondary N) is 1. The Morgan fingerprint density at radius 3 is 2.50 bits per heavy atom. The van der Waals surface area contributed by atoms with Crippen LogP contribution in [-0.2, 0) is 17.8 Å². The second kappa shape index (κ2) is 11.0. The van der Waals surface area contributed by atoms with Gasteiger partial charge in [-0.2, -0.15) is 0 Å². The summed E-state index contributed by atoms with van der Waals surface area (Å²) < 4.78 is 9.61. The summed E-state index contributed by atoms with van der Waals surface area (Å²) >= 11 is 0. The molecule has 1 aliphatic heterocycles. The van der Waals surface area contributed by atoms with Gasteiger partial charge in [-0.3, -0.25) is 9.89 Å². The van der Waals surface area contributed by atoms with E-state index in [4.69, 9.17) is 9.26 Å². The Morgan fingerprint density at radius 2 is 1.93 bits per heavy atom. The predicted octanol–water partition coefficient (Wildman–Crippen LogP) is 1.97. The number of rotatable bonds is 5. The van der Waals surface area contributed by atoms with Crippen molar-refractivity contribution in [2.75, 3.05) is 40.3 Å². The number of benzene rings is 1. The normalized spacial score (nSPS) is 15.1.